The molecule has 0 aliphatic carbocycles. The topological polar surface area (TPSA) is 56.7 Å². The van der Waals surface area contributed by atoms with Crippen molar-refractivity contribution in [1.82, 2.24) is 14.8 Å². The van der Waals surface area contributed by atoms with Gasteiger partial charge in [-0.15, -0.1) is 0 Å². The number of aryl methyl sites for hydroxylation is 1. The zero-order chi connectivity index (χ0) is 12.8. The van der Waals surface area contributed by atoms with Gasteiger partial charge in [-0.1, -0.05) is 37.3 Å². The van der Waals surface area contributed by atoms with E-state index in [4.69, 9.17) is 5.73 Å². The molecule has 96 valence electrons. The number of hydrogen-bond acceptors (Lipinski definition) is 3. The number of rotatable bonds is 6. The van der Waals surface area contributed by atoms with E-state index >= 15 is 0 Å². The lowest BCUT2D eigenvalue weighted by molar-refractivity contribution is 0.540. The molecule has 0 aliphatic heterocycles. The van der Waals surface area contributed by atoms with E-state index in [9.17, 15) is 0 Å². The monoisotopic (exact) mass is 244 g/mol. The summed E-state index contributed by atoms with van der Waals surface area (Å²) in [4.78, 5) is 4.29. The van der Waals surface area contributed by atoms with Crippen molar-refractivity contribution < 1.29 is 0 Å². The molecule has 18 heavy (non-hydrogen) atoms. The maximum absolute atomic E-state index is 6.18. The van der Waals surface area contributed by atoms with Crippen molar-refractivity contribution in [2.75, 3.05) is 0 Å². The predicted octanol–water partition coefficient (Wildman–Crippen LogP) is 1.80. The molecule has 0 fully saturated rings. The van der Waals surface area contributed by atoms with Crippen LogP contribution < -0.4 is 5.73 Å². The van der Waals surface area contributed by atoms with Gasteiger partial charge in [0.15, 0.2) is 0 Å². The highest BCUT2D eigenvalue weighted by Gasteiger charge is 2.10. The van der Waals surface area contributed by atoms with Crippen molar-refractivity contribution in [3.05, 3.63) is 48.0 Å². The molecule has 2 rings (SSSR count). The summed E-state index contributed by atoms with van der Waals surface area (Å²) in [7, 11) is 0. The Hall–Kier alpha value is -1.68. The van der Waals surface area contributed by atoms with Crippen molar-refractivity contribution in [1.29, 1.82) is 0 Å². The lowest BCUT2D eigenvalue weighted by Gasteiger charge is -2.12. The van der Waals surface area contributed by atoms with E-state index in [0.717, 1.165) is 31.6 Å². The number of nitrogens with two attached hydrogens (primary N) is 1. The fraction of sp³-hybridized carbons (Fsp3) is 0.429. The van der Waals surface area contributed by atoms with E-state index in [1.54, 1.807) is 6.33 Å². The second-order valence-electron chi connectivity index (χ2n) is 4.55. The van der Waals surface area contributed by atoms with E-state index in [1.165, 1.54) is 5.56 Å². The summed E-state index contributed by atoms with van der Waals surface area (Å²) in [6, 6.07) is 10.4. The summed E-state index contributed by atoms with van der Waals surface area (Å²) >= 11 is 0. The first kappa shape index (κ1) is 12.8. The zero-order valence-electron chi connectivity index (χ0n) is 10.8. The Morgan fingerprint density at radius 2 is 2.00 bits per heavy atom. The molecular formula is C14H20N4. The molecule has 1 atom stereocenters. The van der Waals surface area contributed by atoms with E-state index < -0.39 is 0 Å². The van der Waals surface area contributed by atoms with Crippen molar-refractivity contribution in [2.24, 2.45) is 5.73 Å². The minimum atomic E-state index is 0.0900. The second-order valence-corrected chi connectivity index (χ2v) is 4.55. The summed E-state index contributed by atoms with van der Waals surface area (Å²) in [5, 5.41) is 4.22. The minimum absolute atomic E-state index is 0.0900. The van der Waals surface area contributed by atoms with Crippen molar-refractivity contribution in [3.8, 4) is 0 Å². The van der Waals surface area contributed by atoms with Crippen molar-refractivity contribution in [3.63, 3.8) is 0 Å². The largest absolute Gasteiger partial charge is 0.327 e. The molecule has 1 aromatic carbocycles. The maximum Gasteiger partial charge on any atom is 0.138 e. The molecule has 0 saturated carbocycles. The van der Waals surface area contributed by atoms with Crippen LogP contribution in [0.5, 0.6) is 0 Å². The first-order valence-electron chi connectivity index (χ1n) is 6.45. The molecule has 0 radical (unpaired) electrons. The van der Waals surface area contributed by atoms with Gasteiger partial charge in [0.05, 0.1) is 0 Å². The number of nitrogens with zero attached hydrogens (tertiary/aromatic N) is 3. The molecule has 1 unspecified atom stereocenters. The van der Waals surface area contributed by atoms with Crippen molar-refractivity contribution in [2.45, 2.75) is 38.8 Å². The fourth-order valence-electron chi connectivity index (χ4n) is 2.07. The fourth-order valence-corrected chi connectivity index (χ4v) is 2.07. The molecule has 0 saturated heterocycles. The zero-order valence-corrected chi connectivity index (χ0v) is 10.8. The third-order valence-corrected chi connectivity index (χ3v) is 2.92. The normalized spacial score (nSPS) is 12.6. The van der Waals surface area contributed by atoms with Crippen LogP contribution in [0.2, 0.25) is 0 Å². The number of benzene rings is 1. The van der Waals surface area contributed by atoms with Gasteiger partial charge in [0, 0.05) is 19.0 Å². The predicted molar refractivity (Wildman–Crippen MR) is 72.1 cm³/mol. The Kier molecular flexibility index (Phi) is 4.47. The molecule has 4 heteroatoms. The highest BCUT2D eigenvalue weighted by atomic mass is 15.3. The van der Waals surface area contributed by atoms with Crippen LogP contribution in [-0.2, 0) is 19.4 Å². The highest BCUT2D eigenvalue weighted by Crippen LogP contribution is 2.06. The average molecular weight is 244 g/mol. The van der Waals surface area contributed by atoms with Gasteiger partial charge in [-0.2, -0.15) is 5.10 Å². The third-order valence-electron chi connectivity index (χ3n) is 2.92. The van der Waals surface area contributed by atoms with Crippen LogP contribution in [-0.4, -0.2) is 20.8 Å². The van der Waals surface area contributed by atoms with Gasteiger partial charge in [-0.25, -0.2) is 4.98 Å². The summed E-state index contributed by atoms with van der Waals surface area (Å²) in [6.07, 6.45) is 4.32. The molecule has 1 aromatic heterocycles. The van der Waals surface area contributed by atoms with Crippen LogP contribution in [0.1, 0.15) is 24.7 Å². The van der Waals surface area contributed by atoms with Gasteiger partial charge in [0.1, 0.15) is 12.2 Å². The van der Waals surface area contributed by atoms with Crippen LogP contribution in [0, 0.1) is 0 Å². The quantitative estimate of drug-likeness (QED) is 0.843. The van der Waals surface area contributed by atoms with Gasteiger partial charge < -0.3 is 5.73 Å². The Labute approximate surface area is 108 Å². The molecule has 0 bridgehead atoms. The highest BCUT2D eigenvalue weighted by molar-refractivity contribution is 5.16. The molecule has 4 nitrogen and oxygen atoms in total. The number of hydrogen-bond donors (Lipinski definition) is 1. The van der Waals surface area contributed by atoms with Crippen LogP contribution in [0.15, 0.2) is 36.7 Å². The van der Waals surface area contributed by atoms with Crippen LogP contribution in [0.4, 0.5) is 0 Å². The van der Waals surface area contributed by atoms with E-state index in [0.29, 0.717) is 0 Å². The molecule has 0 amide bonds. The van der Waals surface area contributed by atoms with Crippen LogP contribution in [0.25, 0.3) is 0 Å². The first-order valence-corrected chi connectivity index (χ1v) is 6.45. The summed E-state index contributed by atoms with van der Waals surface area (Å²) in [5.74, 6) is 0.986. The Morgan fingerprint density at radius 3 is 2.72 bits per heavy atom. The molecule has 0 aliphatic rings. The van der Waals surface area contributed by atoms with Gasteiger partial charge in [0.25, 0.3) is 0 Å². The van der Waals surface area contributed by atoms with Crippen molar-refractivity contribution >= 4 is 0 Å². The van der Waals surface area contributed by atoms with Gasteiger partial charge in [0.2, 0.25) is 0 Å². The van der Waals surface area contributed by atoms with Gasteiger partial charge in [-0.3, -0.25) is 4.68 Å². The van der Waals surface area contributed by atoms with E-state index in [1.807, 2.05) is 22.9 Å². The Bertz CT molecular complexity index is 464. The first-order chi connectivity index (χ1) is 8.79. The Balaban J connectivity index is 1.94. The summed E-state index contributed by atoms with van der Waals surface area (Å²) in [5.41, 5.74) is 7.45. The smallest absolute Gasteiger partial charge is 0.138 e. The molecular weight excluding hydrogens is 224 g/mol. The molecule has 1 heterocycles. The molecule has 2 N–H and O–H groups in total. The molecule has 0 spiro atoms. The summed E-state index contributed by atoms with van der Waals surface area (Å²) < 4.78 is 1.95. The average Bonchev–Trinajstić information content (AvgIpc) is 2.78. The minimum Gasteiger partial charge on any atom is -0.327 e. The van der Waals surface area contributed by atoms with Gasteiger partial charge >= 0.3 is 0 Å². The second kappa shape index (κ2) is 6.31. The molecule has 2 aromatic rings. The third kappa shape index (κ3) is 3.40. The Morgan fingerprint density at radius 1 is 1.22 bits per heavy atom. The SMILES string of the molecule is CCCn1ncnc1CC(N)Cc1ccccc1. The van der Waals surface area contributed by atoms with E-state index in [-0.39, 0.29) is 6.04 Å². The van der Waals surface area contributed by atoms with Crippen LogP contribution >= 0.6 is 0 Å². The number of aromatic nitrogens is 3. The van der Waals surface area contributed by atoms with Gasteiger partial charge in [-0.05, 0) is 18.4 Å². The standard InChI is InChI=1S/C14H20N4/c1-2-8-18-14(16-11-17-18)10-13(15)9-12-6-4-3-5-7-12/h3-7,11,13H,2,8-10,15H2,1H3. The lowest BCUT2D eigenvalue weighted by atomic mass is 10.0. The maximum atomic E-state index is 6.18. The summed E-state index contributed by atoms with van der Waals surface area (Å²) in [6.45, 7) is 3.04. The lowest BCUT2D eigenvalue weighted by Crippen LogP contribution is -2.27. The van der Waals surface area contributed by atoms with E-state index in [2.05, 4.69) is 29.1 Å². The van der Waals surface area contributed by atoms with Crippen LogP contribution in [0.3, 0.4) is 0 Å².